The highest BCUT2D eigenvalue weighted by molar-refractivity contribution is 8.06. The molecular weight excluding hydrogens is 479 g/mol. The van der Waals surface area contributed by atoms with Gasteiger partial charge in [0.15, 0.2) is 0 Å². The summed E-state index contributed by atoms with van der Waals surface area (Å²) in [5.74, 6) is -1.49. The Hall–Kier alpha value is -2.13. The monoisotopic (exact) mass is 494 g/mol. The largest absolute Gasteiger partial charge is 0.477 e. The Bertz CT molecular complexity index is 1090. The minimum atomic E-state index is -1.18. The molecule has 2 aromatic rings. The number of hydrogen-bond acceptors (Lipinski definition) is 5. The van der Waals surface area contributed by atoms with Crippen LogP contribution in [0.15, 0.2) is 64.0 Å². The highest BCUT2D eigenvalue weighted by Crippen LogP contribution is 2.45. The van der Waals surface area contributed by atoms with Crippen molar-refractivity contribution in [3.63, 3.8) is 0 Å². The summed E-state index contributed by atoms with van der Waals surface area (Å²) in [6.07, 6.45) is 0.155. The molecule has 31 heavy (non-hydrogen) atoms. The molecule has 2 heterocycles. The first-order valence-electron chi connectivity index (χ1n) is 9.22. The Kier molecular flexibility index (Phi) is 6.52. The second-order valence-electron chi connectivity index (χ2n) is 6.87. The standard InChI is InChI=1S/C21H16Cl2N2O4S2/c22-13-7-6-12(9-14(13)23)31-15-10-30-20-17(19(27)25(20)18(15)21(28)29)24-16(26)8-11-4-2-1-3-5-11/h1-7,9,17,20H,8,10H2,(H,24,26)(H,28,29)/t17-,20+/m1/s1. The van der Waals surface area contributed by atoms with Gasteiger partial charge in [-0.1, -0.05) is 65.3 Å². The lowest BCUT2D eigenvalue weighted by atomic mass is 10.0. The van der Waals surface area contributed by atoms with Gasteiger partial charge in [0.25, 0.3) is 5.91 Å². The third-order valence-corrected chi connectivity index (χ3v) is 8.07. The van der Waals surface area contributed by atoms with E-state index in [1.54, 1.807) is 18.2 Å². The van der Waals surface area contributed by atoms with Crippen molar-refractivity contribution in [1.82, 2.24) is 10.2 Å². The molecule has 2 aliphatic rings. The number of benzene rings is 2. The molecule has 4 rings (SSSR count). The van der Waals surface area contributed by atoms with Gasteiger partial charge in [-0.2, -0.15) is 0 Å². The Labute approximate surface area is 197 Å². The molecule has 1 fully saturated rings. The van der Waals surface area contributed by atoms with Gasteiger partial charge >= 0.3 is 5.97 Å². The molecule has 0 spiro atoms. The van der Waals surface area contributed by atoms with Crippen molar-refractivity contribution in [3.8, 4) is 0 Å². The van der Waals surface area contributed by atoms with Gasteiger partial charge in [0.1, 0.15) is 17.1 Å². The predicted molar refractivity (Wildman–Crippen MR) is 122 cm³/mol. The van der Waals surface area contributed by atoms with Crippen molar-refractivity contribution < 1.29 is 19.5 Å². The number of carboxylic acids is 1. The number of amides is 2. The van der Waals surface area contributed by atoms with Gasteiger partial charge in [-0.05, 0) is 23.8 Å². The van der Waals surface area contributed by atoms with Crippen LogP contribution >= 0.6 is 46.7 Å². The first-order chi connectivity index (χ1) is 14.8. The highest BCUT2D eigenvalue weighted by Gasteiger charge is 2.54. The molecule has 0 unspecified atom stereocenters. The zero-order valence-electron chi connectivity index (χ0n) is 15.9. The van der Waals surface area contributed by atoms with Gasteiger partial charge in [-0.25, -0.2) is 4.79 Å². The van der Waals surface area contributed by atoms with Gasteiger partial charge in [0.05, 0.1) is 16.5 Å². The lowest BCUT2D eigenvalue weighted by molar-refractivity contribution is -0.150. The average molecular weight is 495 g/mol. The maximum atomic E-state index is 12.7. The third-order valence-electron chi connectivity index (χ3n) is 4.79. The molecule has 160 valence electrons. The fourth-order valence-electron chi connectivity index (χ4n) is 3.36. The molecule has 0 radical (unpaired) electrons. The zero-order valence-corrected chi connectivity index (χ0v) is 19.0. The van der Waals surface area contributed by atoms with Crippen LogP contribution in [-0.4, -0.2) is 45.0 Å². The molecule has 0 aliphatic carbocycles. The van der Waals surface area contributed by atoms with E-state index in [1.807, 2.05) is 30.3 Å². The second kappa shape index (κ2) is 9.16. The molecular formula is C21H16Cl2N2O4S2. The minimum absolute atomic E-state index is 0.0571. The fraction of sp³-hybridized carbons (Fsp3) is 0.190. The van der Waals surface area contributed by atoms with E-state index in [0.717, 1.165) is 10.5 Å². The highest BCUT2D eigenvalue weighted by atomic mass is 35.5. The molecule has 0 saturated carbocycles. The maximum Gasteiger partial charge on any atom is 0.353 e. The number of aliphatic carboxylic acids is 1. The molecule has 2 aliphatic heterocycles. The van der Waals surface area contributed by atoms with Crippen LogP contribution < -0.4 is 5.32 Å². The first kappa shape index (κ1) is 22.1. The Balaban J connectivity index is 1.49. The van der Waals surface area contributed by atoms with Crippen molar-refractivity contribution in [2.45, 2.75) is 22.7 Å². The zero-order chi connectivity index (χ0) is 22.1. The number of carbonyl (C=O) groups excluding carboxylic acids is 2. The van der Waals surface area contributed by atoms with E-state index in [-0.39, 0.29) is 18.0 Å². The van der Waals surface area contributed by atoms with E-state index in [2.05, 4.69) is 5.32 Å². The van der Waals surface area contributed by atoms with Crippen molar-refractivity contribution in [1.29, 1.82) is 0 Å². The minimum Gasteiger partial charge on any atom is -0.477 e. The van der Waals surface area contributed by atoms with Crippen LogP contribution in [-0.2, 0) is 20.8 Å². The van der Waals surface area contributed by atoms with E-state index < -0.39 is 23.3 Å². The van der Waals surface area contributed by atoms with Crippen LogP contribution in [0.3, 0.4) is 0 Å². The quantitative estimate of drug-likeness (QED) is 0.589. The van der Waals surface area contributed by atoms with E-state index in [1.165, 1.54) is 28.4 Å². The maximum absolute atomic E-state index is 12.7. The van der Waals surface area contributed by atoms with Gasteiger partial charge in [-0.15, -0.1) is 11.8 Å². The van der Waals surface area contributed by atoms with E-state index >= 15 is 0 Å². The summed E-state index contributed by atoms with van der Waals surface area (Å²) < 4.78 is 0. The van der Waals surface area contributed by atoms with Crippen molar-refractivity contribution in [2.75, 3.05) is 5.75 Å². The summed E-state index contributed by atoms with van der Waals surface area (Å²) in [5.41, 5.74) is 0.782. The normalized spacial score (nSPS) is 20.2. The SMILES string of the molecule is O=C(Cc1ccccc1)N[C@@H]1C(=O)N2C(C(=O)O)=C(Sc3ccc(Cl)c(Cl)c3)CS[C@@H]12. The molecule has 2 aromatic carbocycles. The van der Waals surface area contributed by atoms with Crippen LogP contribution in [0.25, 0.3) is 0 Å². The number of thioether (sulfide) groups is 2. The first-order valence-corrected chi connectivity index (χ1v) is 11.8. The summed E-state index contributed by atoms with van der Waals surface area (Å²) in [6, 6.07) is 13.5. The number of carbonyl (C=O) groups is 3. The van der Waals surface area contributed by atoms with Gasteiger partial charge in [0.2, 0.25) is 5.91 Å². The molecule has 2 amide bonds. The number of nitrogens with zero attached hydrogens (tertiary/aromatic N) is 1. The fourth-order valence-corrected chi connectivity index (χ4v) is 6.23. The molecule has 6 nitrogen and oxygen atoms in total. The Morgan fingerprint density at radius 1 is 1.16 bits per heavy atom. The van der Waals surface area contributed by atoms with E-state index in [9.17, 15) is 19.5 Å². The molecule has 0 aromatic heterocycles. The predicted octanol–water partition coefficient (Wildman–Crippen LogP) is 4.02. The number of carboxylic acid groups (broad SMARTS) is 1. The summed E-state index contributed by atoms with van der Waals surface area (Å²) in [4.78, 5) is 39.6. The van der Waals surface area contributed by atoms with E-state index in [0.29, 0.717) is 20.7 Å². The molecule has 0 bridgehead atoms. The van der Waals surface area contributed by atoms with Crippen LogP contribution in [0.1, 0.15) is 5.56 Å². The summed E-state index contributed by atoms with van der Waals surface area (Å²) in [5, 5.41) is 12.9. The van der Waals surface area contributed by atoms with Gasteiger partial charge in [0, 0.05) is 15.6 Å². The smallest absolute Gasteiger partial charge is 0.353 e. The third kappa shape index (κ3) is 4.57. The molecule has 1 saturated heterocycles. The summed E-state index contributed by atoms with van der Waals surface area (Å²) in [6.45, 7) is 0. The van der Waals surface area contributed by atoms with Crippen LogP contribution in [0.4, 0.5) is 0 Å². The number of β-lactam (4-membered cyclic amide) rings is 1. The summed E-state index contributed by atoms with van der Waals surface area (Å²) >= 11 is 14.7. The molecule has 10 heteroatoms. The number of hydrogen-bond donors (Lipinski definition) is 2. The lowest BCUT2D eigenvalue weighted by Crippen LogP contribution is -2.70. The van der Waals surface area contributed by atoms with Crippen LogP contribution in [0, 0.1) is 0 Å². The molecule has 2 atom stereocenters. The Morgan fingerprint density at radius 3 is 2.58 bits per heavy atom. The van der Waals surface area contributed by atoms with Crippen LogP contribution in [0.2, 0.25) is 10.0 Å². The number of halogens is 2. The average Bonchev–Trinajstić information content (AvgIpc) is 2.75. The number of nitrogens with one attached hydrogen (secondary N) is 1. The number of fused-ring (bicyclic) bond motifs is 1. The van der Waals surface area contributed by atoms with Crippen molar-refractivity contribution in [2.24, 2.45) is 0 Å². The summed E-state index contributed by atoms with van der Waals surface area (Å²) in [7, 11) is 0. The van der Waals surface area contributed by atoms with E-state index in [4.69, 9.17) is 23.2 Å². The van der Waals surface area contributed by atoms with Gasteiger partial charge < -0.3 is 10.4 Å². The number of rotatable bonds is 6. The Morgan fingerprint density at radius 2 is 1.90 bits per heavy atom. The molecule has 2 N–H and O–H groups in total. The topological polar surface area (TPSA) is 86.7 Å². The lowest BCUT2D eigenvalue weighted by Gasteiger charge is -2.49. The van der Waals surface area contributed by atoms with Crippen molar-refractivity contribution in [3.05, 3.63) is 74.7 Å². The van der Waals surface area contributed by atoms with Crippen molar-refractivity contribution >= 4 is 64.5 Å². The van der Waals surface area contributed by atoms with Crippen LogP contribution in [0.5, 0.6) is 0 Å². The van der Waals surface area contributed by atoms with Gasteiger partial charge in [-0.3, -0.25) is 14.5 Å². The second-order valence-corrected chi connectivity index (χ2v) is 9.96.